The van der Waals surface area contributed by atoms with Crippen molar-refractivity contribution in [2.75, 3.05) is 22.4 Å². The lowest BCUT2D eigenvalue weighted by Gasteiger charge is -2.29. The summed E-state index contributed by atoms with van der Waals surface area (Å²) in [6, 6.07) is 15.4. The van der Waals surface area contributed by atoms with Crippen LogP contribution in [0.5, 0.6) is 0 Å². The molecule has 1 heterocycles. The number of rotatable bonds is 5. The predicted molar refractivity (Wildman–Crippen MR) is 110 cm³/mol. The Hall–Kier alpha value is -2.34. The molecule has 0 fully saturated rings. The normalized spacial score (nSPS) is 14.6. The number of sulfonamides is 1. The summed E-state index contributed by atoms with van der Waals surface area (Å²) in [7, 11) is -3.28. The third-order valence-corrected chi connectivity index (χ3v) is 6.18. The van der Waals surface area contributed by atoms with Crippen LogP contribution in [0.2, 0.25) is 0 Å². The summed E-state index contributed by atoms with van der Waals surface area (Å²) < 4.78 is 25.4. The van der Waals surface area contributed by atoms with Crippen LogP contribution in [0.1, 0.15) is 37.8 Å². The van der Waals surface area contributed by atoms with Crippen LogP contribution in [-0.2, 0) is 26.7 Å². The molecule has 0 bridgehead atoms. The van der Waals surface area contributed by atoms with Crippen molar-refractivity contribution in [1.29, 1.82) is 0 Å². The quantitative estimate of drug-likeness (QED) is 0.852. The summed E-state index contributed by atoms with van der Waals surface area (Å²) in [5, 5.41) is 2.96. The monoisotopic (exact) mass is 386 g/mol. The molecule has 27 heavy (non-hydrogen) atoms. The number of amides is 1. The molecule has 1 aliphatic heterocycles. The van der Waals surface area contributed by atoms with Gasteiger partial charge in [-0.3, -0.25) is 9.10 Å². The first kappa shape index (κ1) is 19.4. The third kappa shape index (κ3) is 4.50. The maximum Gasteiger partial charge on any atom is 0.232 e. The standard InChI is InChI=1S/C21H26N2O3S/c1-21(2,17-9-5-4-6-10-17)15-20(24)22-18-11-12-19-16(14-18)8-7-13-23(19)27(3,25)26/h4-6,9-12,14H,7-8,13,15H2,1-3H3,(H,22,24). The van der Waals surface area contributed by atoms with Crippen LogP contribution in [0.4, 0.5) is 11.4 Å². The van der Waals surface area contributed by atoms with Crippen molar-refractivity contribution in [3.63, 3.8) is 0 Å². The van der Waals surface area contributed by atoms with E-state index < -0.39 is 10.0 Å². The summed E-state index contributed by atoms with van der Waals surface area (Å²) in [5.41, 5.74) is 3.22. The average Bonchev–Trinajstić information content (AvgIpc) is 2.60. The molecule has 0 radical (unpaired) electrons. The number of carbonyl (C=O) groups is 1. The Bertz CT molecular complexity index is 937. The van der Waals surface area contributed by atoms with Gasteiger partial charge in [0.25, 0.3) is 0 Å². The lowest BCUT2D eigenvalue weighted by molar-refractivity contribution is -0.117. The third-order valence-electron chi connectivity index (χ3n) is 5.00. The van der Waals surface area contributed by atoms with Gasteiger partial charge in [0.2, 0.25) is 15.9 Å². The van der Waals surface area contributed by atoms with Crippen LogP contribution >= 0.6 is 0 Å². The molecule has 1 amide bonds. The first-order valence-corrected chi connectivity index (χ1v) is 11.0. The van der Waals surface area contributed by atoms with Gasteiger partial charge < -0.3 is 5.32 Å². The van der Waals surface area contributed by atoms with Crippen molar-refractivity contribution < 1.29 is 13.2 Å². The SMILES string of the molecule is CC(C)(CC(=O)Nc1ccc2c(c1)CCCN2S(C)(=O)=O)c1ccccc1. The molecule has 2 aromatic carbocycles. The lowest BCUT2D eigenvalue weighted by atomic mass is 9.81. The first-order chi connectivity index (χ1) is 12.7. The molecule has 1 aliphatic rings. The van der Waals surface area contributed by atoms with Gasteiger partial charge in [0.15, 0.2) is 0 Å². The van der Waals surface area contributed by atoms with Gasteiger partial charge in [-0.2, -0.15) is 0 Å². The second kappa shape index (κ2) is 7.35. The average molecular weight is 387 g/mol. The van der Waals surface area contributed by atoms with Gasteiger partial charge in [-0.1, -0.05) is 44.2 Å². The largest absolute Gasteiger partial charge is 0.326 e. The fourth-order valence-electron chi connectivity index (χ4n) is 3.58. The number of hydrogen-bond acceptors (Lipinski definition) is 3. The van der Waals surface area contributed by atoms with Crippen molar-refractivity contribution >= 4 is 27.3 Å². The molecule has 6 heteroatoms. The van der Waals surface area contributed by atoms with Crippen LogP contribution < -0.4 is 9.62 Å². The minimum absolute atomic E-state index is 0.0559. The fraction of sp³-hybridized carbons (Fsp3) is 0.381. The molecular weight excluding hydrogens is 360 g/mol. The molecule has 0 aromatic heterocycles. The lowest BCUT2D eigenvalue weighted by Crippen LogP contribution is -2.34. The van der Waals surface area contributed by atoms with E-state index in [0.717, 1.165) is 24.0 Å². The molecule has 1 N–H and O–H groups in total. The maximum atomic E-state index is 12.6. The van der Waals surface area contributed by atoms with E-state index in [1.165, 1.54) is 10.6 Å². The van der Waals surface area contributed by atoms with Gasteiger partial charge >= 0.3 is 0 Å². The number of carbonyl (C=O) groups excluding carboxylic acids is 1. The summed E-state index contributed by atoms with van der Waals surface area (Å²) >= 11 is 0. The number of nitrogens with zero attached hydrogens (tertiary/aromatic N) is 1. The van der Waals surface area contributed by atoms with E-state index in [1.807, 2.05) is 36.4 Å². The van der Waals surface area contributed by atoms with E-state index in [9.17, 15) is 13.2 Å². The minimum atomic E-state index is -3.28. The Kier molecular flexibility index (Phi) is 5.29. The van der Waals surface area contributed by atoms with Crippen LogP contribution in [0.15, 0.2) is 48.5 Å². The number of fused-ring (bicyclic) bond motifs is 1. The van der Waals surface area contributed by atoms with E-state index in [1.54, 1.807) is 12.1 Å². The number of benzene rings is 2. The number of anilines is 2. The Morgan fingerprint density at radius 3 is 2.52 bits per heavy atom. The van der Waals surface area contributed by atoms with Gasteiger partial charge in [-0.25, -0.2) is 8.42 Å². The Balaban J connectivity index is 1.74. The Morgan fingerprint density at radius 1 is 1.15 bits per heavy atom. The van der Waals surface area contributed by atoms with Crippen LogP contribution in [0.25, 0.3) is 0 Å². The maximum absolute atomic E-state index is 12.6. The van der Waals surface area contributed by atoms with Crippen molar-refractivity contribution in [2.45, 2.75) is 38.5 Å². The summed E-state index contributed by atoms with van der Waals surface area (Å²) in [6.07, 6.45) is 3.17. The zero-order chi connectivity index (χ0) is 19.7. The van der Waals surface area contributed by atoms with Crippen LogP contribution in [-0.4, -0.2) is 27.1 Å². The zero-order valence-corrected chi connectivity index (χ0v) is 16.8. The number of hydrogen-bond donors (Lipinski definition) is 1. The zero-order valence-electron chi connectivity index (χ0n) is 16.0. The van der Waals surface area contributed by atoms with Gasteiger partial charge in [0.1, 0.15) is 0 Å². The Labute approximate surface area is 161 Å². The van der Waals surface area contributed by atoms with E-state index >= 15 is 0 Å². The molecule has 0 atom stereocenters. The van der Waals surface area contributed by atoms with Crippen LogP contribution in [0.3, 0.4) is 0 Å². The molecule has 0 aliphatic carbocycles. The topological polar surface area (TPSA) is 66.5 Å². The second-order valence-electron chi connectivity index (χ2n) is 7.76. The highest BCUT2D eigenvalue weighted by Gasteiger charge is 2.26. The van der Waals surface area contributed by atoms with Gasteiger partial charge in [0, 0.05) is 18.7 Å². The molecule has 5 nitrogen and oxygen atoms in total. The molecule has 0 spiro atoms. The highest BCUT2D eigenvalue weighted by molar-refractivity contribution is 7.92. The van der Waals surface area contributed by atoms with Crippen molar-refractivity contribution in [3.8, 4) is 0 Å². The van der Waals surface area contributed by atoms with E-state index in [4.69, 9.17) is 0 Å². The van der Waals surface area contributed by atoms with E-state index in [0.29, 0.717) is 24.3 Å². The number of aryl methyl sites for hydroxylation is 1. The predicted octanol–water partition coefficient (Wildman–Crippen LogP) is 3.71. The number of nitrogens with one attached hydrogen (secondary N) is 1. The van der Waals surface area contributed by atoms with Crippen molar-refractivity contribution in [2.24, 2.45) is 0 Å². The molecule has 144 valence electrons. The second-order valence-corrected chi connectivity index (χ2v) is 9.66. The Morgan fingerprint density at radius 2 is 1.85 bits per heavy atom. The molecule has 2 aromatic rings. The molecule has 0 unspecified atom stereocenters. The smallest absolute Gasteiger partial charge is 0.232 e. The summed E-state index contributed by atoms with van der Waals surface area (Å²) in [6.45, 7) is 4.61. The first-order valence-electron chi connectivity index (χ1n) is 9.13. The fourth-order valence-corrected chi connectivity index (χ4v) is 4.58. The van der Waals surface area contributed by atoms with E-state index in [2.05, 4.69) is 19.2 Å². The van der Waals surface area contributed by atoms with Gasteiger partial charge in [0.05, 0.1) is 11.9 Å². The highest BCUT2D eigenvalue weighted by atomic mass is 32.2. The van der Waals surface area contributed by atoms with Gasteiger partial charge in [-0.15, -0.1) is 0 Å². The minimum Gasteiger partial charge on any atom is -0.326 e. The van der Waals surface area contributed by atoms with Crippen LogP contribution in [0, 0.1) is 0 Å². The molecule has 0 saturated carbocycles. The molecule has 0 saturated heterocycles. The van der Waals surface area contributed by atoms with Gasteiger partial charge in [-0.05, 0) is 47.6 Å². The molecule has 3 rings (SSSR count). The van der Waals surface area contributed by atoms with Crippen molar-refractivity contribution in [3.05, 3.63) is 59.7 Å². The van der Waals surface area contributed by atoms with Crippen molar-refractivity contribution in [1.82, 2.24) is 0 Å². The highest BCUT2D eigenvalue weighted by Crippen LogP contribution is 2.32. The molecular formula is C21H26N2O3S. The summed E-state index contributed by atoms with van der Waals surface area (Å²) in [4.78, 5) is 12.6. The van der Waals surface area contributed by atoms with E-state index in [-0.39, 0.29) is 11.3 Å². The summed E-state index contributed by atoms with van der Waals surface area (Å²) in [5.74, 6) is -0.0559.